The van der Waals surface area contributed by atoms with Crippen LogP contribution < -0.4 is 0 Å². The lowest BCUT2D eigenvalue weighted by molar-refractivity contribution is 0.826. The molecule has 1 rings (SSSR count). The first-order valence-electron chi connectivity index (χ1n) is 5.32. The van der Waals surface area contributed by atoms with Crippen molar-refractivity contribution in [2.75, 3.05) is 0 Å². The lowest BCUT2D eigenvalue weighted by Crippen LogP contribution is -2.04. The van der Waals surface area contributed by atoms with Gasteiger partial charge in [-0.25, -0.2) is 0 Å². The van der Waals surface area contributed by atoms with Gasteiger partial charge >= 0.3 is 0 Å². The fourth-order valence-corrected chi connectivity index (χ4v) is 2.08. The van der Waals surface area contributed by atoms with E-state index in [4.69, 9.17) is 0 Å². The van der Waals surface area contributed by atoms with E-state index in [0.717, 1.165) is 11.4 Å². The second kappa shape index (κ2) is 4.46. The summed E-state index contributed by atoms with van der Waals surface area (Å²) < 4.78 is 0. The van der Waals surface area contributed by atoms with Crippen molar-refractivity contribution in [3.63, 3.8) is 0 Å². The van der Waals surface area contributed by atoms with Crippen molar-refractivity contribution >= 4 is 6.08 Å². The fourth-order valence-electron chi connectivity index (χ4n) is 2.08. The third kappa shape index (κ3) is 2.19. The molecule has 0 bridgehead atoms. The van der Waals surface area contributed by atoms with Gasteiger partial charge in [0, 0.05) is 11.8 Å². The highest BCUT2D eigenvalue weighted by Gasteiger charge is 2.12. The van der Waals surface area contributed by atoms with Gasteiger partial charge in [0.2, 0.25) is 0 Å². The zero-order valence-corrected chi connectivity index (χ0v) is 10.3. The highest BCUT2D eigenvalue weighted by Crippen LogP contribution is 2.26. The molecule has 80 valence electrons. The van der Waals surface area contributed by atoms with E-state index in [1.807, 2.05) is 6.08 Å². The molecule has 0 atom stereocenters. The van der Waals surface area contributed by atoms with Gasteiger partial charge in [0.1, 0.15) is 0 Å². The van der Waals surface area contributed by atoms with Crippen molar-refractivity contribution in [3.8, 4) is 0 Å². The molecule has 0 saturated carbocycles. The van der Waals surface area contributed by atoms with Crippen LogP contribution in [0.1, 0.15) is 47.8 Å². The van der Waals surface area contributed by atoms with Crippen LogP contribution in [0.25, 0.3) is 6.08 Å². The van der Waals surface area contributed by atoms with E-state index in [-0.39, 0.29) is 0 Å². The molecule has 0 unspecified atom stereocenters. The molecule has 0 fully saturated rings. The monoisotopic (exact) mass is 201 g/mol. The maximum Gasteiger partial charge on any atom is 0.0741 e. The van der Waals surface area contributed by atoms with Gasteiger partial charge in [-0.15, -0.1) is 5.73 Å². The molecular formula is C14H19N. The molecule has 0 aliphatic carbocycles. The number of aromatic nitrogens is 1. The molecule has 15 heavy (non-hydrogen) atoms. The third-order valence-corrected chi connectivity index (χ3v) is 2.84. The Labute approximate surface area is 92.6 Å². The molecule has 1 heterocycles. The van der Waals surface area contributed by atoms with Gasteiger partial charge in [-0.2, -0.15) is 0 Å². The van der Waals surface area contributed by atoms with Crippen molar-refractivity contribution in [2.24, 2.45) is 0 Å². The molecule has 0 radical (unpaired) electrons. The molecule has 1 aromatic heterocycles. The molecule has 1 nitrogen and oxygen atoms in total. The van der Waals surface area contributed by atoms with Crippen LogP contribution in [0.3, 0.4) is 0 Å². The van der Waals surface area contributed by atoms with Crippen LogP contribution in [0.15, 0.2) is 12.3 Å². The molecule has 0 saturated heterocycles. The van der Waals surface area contributed by atoms with Crippen molar-refractivity contribution < 1.29 is 0 Å². The summed E-state index contributed by atoms with van der Waals surface area (Å²) in [4.78, 5) is 4.59. The summed E-state index contributed by atoms with van der Waals surface area (Å²) >= 11 is 0. The Morgan fingerprint density at radius 1 is 1.20 bits per heavy atom. The number of aryl methyl sites for hydroxylation is 1. The average Bonchev–Trinajstić information content (AvgIpc) is 2.13. The predicted molar refractivity (Wildman–Crippen MR) is 66.1 cm³/mol. The van der Waals surface area contributed by atoms with E-state index in [2.05, 4.69) is 51.9 Å². The van der Waals surface area contributed by atoms with Gasteiger partial charge in [-0.1, -0.05) is 20.4 Å². The van der Waals surface area contributed by atoms with E-state index >= 15 is 0 Å². The largest absolute Gasteiger partial charge is 0.253 e. The zero-order valence-electron chi connectivity index (χ0n) is 10.3. The quantitative estimate of drug-likeness (QED) is 0.661. The molecule has 0 N–H and O–H groups in total. The van der Waals surface area contributed by atoms with Crippen LogP contribution in [0.5, 0.6) is 0 Å². The number of nitrogens with zero attached hydrogens (tertiary/aromatic N) is 1. The van der Waals surface area contributed by atoms with Crippen molar-refractivity contribution in [1.29, 1.82) is 0 Å². The van der Waals surface area contributed by atoms with Gasteiger partial charge in [0.25, 0.3) is 0 Å². The van der Waals surface area contributed by atoms with Crippen LogP contribution in [0, 0.1) is 20.8 Å². The molecule has 0 aliphatic heterocycles. The van der Waals surface area contributed by atoms with Crippen LogP contribution in [0.4, 0.5) is 0 Å². The third-order valence-electron chi connectivity index (χ3n) is 2.84. The highest BCUT2D eigenvalue weighted by atomic mass is 14.7. The highest BCUT2D eigenvalue weighted by molar-refractivity contribution is 5.53. The normalized spacial score (nSPS) is 10.3. The minimum atomic E-state index is 0.526. The SMILES string of the molecule is C=C=Cc1nc(C)c(C(C)C)c(C)c1C. The summed E-state index contributed by atoms with van der Waals surface area (Å²) in [6, 6.07) is 0. The number of hydrogen-bond donors (Lipinski definition) is 0. The Morgan fingerprint density at radius 2 is 1.80 bits per heavy atom. The van der Waals surface area contributed by atoms with Crippen LogP contribution in [0.2, 0.25) is 0 Å². The molecule has 0 amide bonds. The zero-order chi connectivity index (χ0) is 11.6. The smallest absolute Gasteiger partial charge is 0.0741 e. The van der Waals surface area contributed by atoms with Crippen LogP contribution in [-0.2, 0) is 0 Å². The molecule has 0 aromatic carbocycles. The summed E-state index contributed by atoms with van der Waals surface area (Å²) in [5.74, 6) is 0.526. The number of hydrogen-bond acceptors (Lipinski definition) is 1. The Bertz CT molecular complexity index is 421. The van der Waals surface area contributed by atoms with Crippen molar-refractivity contribution in [3.05, 3.63) is 40.4 Å². The first-order chi connectivity index (χ1) is 6.99. The number of rotatable bonds is 2. The maximum absolute atomic E-state index is 4.59. The lowest BCUT2D eigenvalue weighted by Gasteiger charge is -2.16. The van der Waals surface area contributed by atoms with Crippen LogP contribution >= 0.6 is 0 Å². The van der Waals surface area contributed by atoms with E-state index in [9.17, 15) is 0 Å². The summed E-state index contributed by atoms with van der Waals surface area (Å²) in [7, 11) is 0. The summed E-state index contributed by atoms with van der Waals surface area (Å²) in [6.45, 7) is 14.4. The topological polar surface area (TPSA) is 12.9 Å². The standard InChI is InChI=1S/C14H19N/c1-7-8-13-10(4)11(5)14(9(2)3)12(6)15-13/h8-9H,1H2,2-6H3. The minimum absolute atomic E-state index is 0.526. The van der Waals surface area contributed by atoms with E-state index < -0.39 is 0 Å². The summed E-state index contributed by atoms with van der Waals surface area (Å²) in [6.07, 6.45) is 1.85. The second-order valence-electron chi connectivity index (χ2n) is 4.25. The van der Waals surface area contributed by atoms with Gasteiger partial charge in [0.05, 0.1) is 5.69 Å². The first-order valence-corrected chi connectivity index (χ1v) is 5.32. The van der Waals surface area contributed by atoms with Gasteiger partial charge in [-0.3, -0.25) is 4.98 Å². The average molecular weight is 201 g/mol. The van der Waals surface area contributed by atoms with Gasteiger partial charge in [0.15, 0.2) is 0 Å². The lowest BCUT2D eigenvalue weighted by atomic mass is 9.93. The molecule has 0 spiro atoms. The van der Waals surface area contributed by atoms with Crippen molar-refractivity contribution in [2.45, 2.75) is 40.5 Å². The number of pyridine rings is 1. The van der Waals surface area contributed by atoms with E-state index in [1.165, 1.54) is 16.7 Å². The fraction of sp³-hybridized carbons (Fsp3) is 0.429. The van der Waals surface area contributed by atoms with Crippen LogP contribution in [-0.4, -0.2) is 4.98 Å². The Morgan fingerprint density at radius 3 is 2.27 bits per heavy atom. The maximum atomic E-state index is 4.59. The van der Waals surface area contributed by atoms with E-state index in [0.29, 0.717) is 5.92 Å². The van der Waals surface area contributed by atoms with Crippen molar-refractivity contribution in [1.82, 2.24) is 4.98 Å². The second-order valence-corrected chi connectivity index (χ2v) is 4.25. The summed E-state index contributed by atoms with van der Waals surface area (Å²) in [5, 5.41) is 0. The minimum Gasteiger partial charge on any atom is -0.253 e. The molecule has 0 aliphatic rings. The first kappa shape index (κ1) is 11.7. The predicted octanol–water partition coefficient (Wildman–Crippen LogP) is 3.93. The Kier molecular flexibility index (Phi) is 3.49. The Balaban J connectivity index is 3.50. The van der Waals surface area contributed by atoms with E-state index in [1.54, 1.807) is 0 Å². The Hall–Kier alpha value is -1.33. The van der Waals surface area contributed by atoms with Gasteiger partial charge in [-0.05, 0) is 43.4 Å². The molecular weight excluding hydrogens is 182 g/mol. The van der Waals surface area contributed by atoms with Gasteiger partial charge < -0.3 is 0 Å². The molecule has 1 heteroatoms. The molecule has 1 aromatic rings. The summed E-state index contributed by atoms with van der Waals surface area (Å²) in [5.41, 5.74) is 8.85.